The van der Waals surface area contributed by atoms with Crippen molar-refractivity contribution in [2.75, 3.05) is 27.8 Å². The van der Waals surface area contributed by atoms with E-state index in [4.69, 9.17) is 14.2 Å². The molecule has 2 aromatic carbocycles. The Labute approximate surface area is 192 Å². The van der Waals surface area contributed by atoms with Crippen molar-refractivity contribution in [3.05, 3.63) is 75.0 Å². The first kappa shape index (κ1) is 22.8. The number of fused-ring (bicyclic) bond motifs is 1. The van der Waals surface area contributed by atoms with Gasteiger partial charge in [-0.15, -0.1) is 0 Å². The number of allylic oxidation sites excluding steroid dienone is 1. The smallest absolute Gasteiger partial charge is 0.350 e. The van der Waals surface area contributed by atoms with Crippen molar-refractivity contribution in [2.45, 2.75) is 37.6 Å². The summed E-state index contributed by atoms with van der Waals surface area (Å²) in [6, 6.07) is 10.6. The number of esters is 1. The largest absolute Gasteiger partial charge is 0.493 e. The number of nitro benzene ring substituents is 1. The molecule has 0 radical (unpaired) electrons. The Morgan fingerprint density at radius 3 is 2.61 bits per heavy atom. The van der Waals surface area contributed by atoms with Crippen molar-refractivity contribution in [3.63, 3.8) is 0 Å². The second-order valence-electron chi connectivity index (χ2n) is 8.65. The number of methoxy groups -OCH3 is 2. The minimum absolute atomic E-state index is 0.0000889. The van der Waals surface area contributed by atoms with Crippen molar-refractivity contribution in [2.24, 2.45) is 0 Å². The molecule has 0 amide bonds. The fourth-order valence-electron chi connectivity index (χ4n) is 5.18. The molecule has 174 valence electrons. The maximum Gasteiger partial charge on any atom is 0.350 e. The highest BCUT2D eigenvalue weighted by atomic mass is 16.6. The third-order valence-electron chi connectivity index (χ3n) is 6.95. The third-order valence-corrected chi connectivity index (χ3v) is 6.95. The van der Waals surface area contributed by atoms with Crippen LogP contribution in [0.5, 0.6) is 11.5 Å². The van der Waals surface area contributed by atoms with Crippen LogP contribution >= 0.6 is 0 Å². The summed E-state index contributed by atoms with van der Waals surface area (Å²) in [4.78, 5) is 26.0. The highest BCUT2D eigenvalue weighted by molar-refractivity contribution is 5.96. The Morgan fingerprint density at radius 1 is 1.15 bits per heavy atom. The van der Waals surface area contributed by atoms with Gasteiger partial charge < -0.3 is 14.2 Å². The van der Waals surface area contributed by atoms with E-state index in [2.05, 4.69) is 18.0 Å². The standard InChI is InChI=1S/C25H28N2O6/c1-16-6-5-7-19(27(29)30)23(16)24(28)33-18-10-11-25(12-13-26(2)22(25)15-18)17-8-9-20(31-3)21(14-17)32-4/h5-9,14-15,22H,10-13H2,1-4H3. The van der Waals surface area contributed by atoms with Crippen LogP contribution in [0, 0.1) is 17.0 Å². The summed E-state index contributed by atoms with van der Waals surface area (Å²) in [5.41, 5.74) is 1.29. The molecule has 33 heavy (non-hydrogen) atoms. The first-order valence-corrected chi connectivity index (χ1v) is 10.9. The second-order valence-corrected chi connectivity index (χ2v) is 8.65. The summed E-state index contributed by atoms with van der Waals surface area (Å²) in [6.07, 6.45) is 4.30. The van der Waals surface area contributed by atoms with Crippen molar-refractivity contribution in [1.29, 1.82) is 0 Å². The van der Waals surface area contributed by atoms with E-state index in [9.17, 15) is 14.9 Å². The van der Waals surface area contributed by atoms with Crippen LogP contribution in [0.15, 0.2) is 48.2 Å². The molecule has 0 N–H and O–H groups in total. The Balaban J connectivity index is 1.65. The number of hydrogen-bond donors (Lipinski definition) is 0. The average Bonchev–Trinajstić information content (AvgIpc) is 3.15. The molecule has 0 bridgehead atoms. The van der Waals surface area contributed by atoms with Crippen LogP contribution in [0.1, 0.15) is 40.7 Å². The zero-order chi connectivity index (χ0) is 23.8. The van der Waals surface area contributed by atoms with E-state index in [1.807, 2.05) is 18.2 Å². The van der Waals surface area contributed by atoms with Crippen LogP contribution < -0.4 is 9.47 Å². The number of carbonyl (C=O) groups excluding carboxylic acids is 1. The number of aryl methyl sites for hydroxylation is 1. The van der Waals surface area contributed by atoms with Crippen molar-refractivity contribution < 1.29 is 23.9 Å². The van der Waals surface area contributed by atoms with Gasteiger partial charge in [0.15, 0.2) is 11.5 Å². The lowest BCUT2D eigenvalue weighted by atomic mass is 9.68. The predicted octanol–water partition coefficient (Wildman–Crippen LogP) is 4.40. The van der Waals surface area contributed by atoms with Gasteiger partial charge in [-0.05, 0) is 62.7 Å². The minimum atomic E-state index is -0.690. The van der Waals surface area contributed by atoms with E-state index in [1.54, 1.807) is 33.3 Å². The number of likely N-dealkylation sites (tertiary alicyclic amines) is 1. The van der Waals surface area contributed by atoms with Gasteiger partial charge in [0.25, 0.3) is 5.69 Å². The third kappa shape index (κ3) is 3.95. The molecule has 1 heterocycles. The average molecular weight is 453 g/mol. The Hall–Kier alpha value is -3.39. The highest BCUT2D eigenvalue weighted by Gasteiger charge is 2.48. The predicted molar refractivity (Wildman–Crippen MR) is 123 cm³/mol. The molecule has 1 saturated heterocycles. The first-order valence-electron chi connectivity index (χ1n) is 10.9. The van der Waals surface area contributed by atoms with Gasteiger partial charge in [-0.25, -0.2) is 4.79 Å². The fourth-order valence-corrected chi connectivity index (χ4v) is 5.18. The van der Waals surface area contributed by atoms with Crippen LogP contribution in [0.4, 0.5) is 5.69 Å². The zero-order valence-electron chi connectivity index (χ0n) is 19.3. The monoisotopic (exact) mass is 452 g/mol. The van der Waals surface area contributed by atoms with Crippen LogP contribution in [-0.2, 0) is 10.2 Å². The molecule has 2 aromatic rings. The van der Waals surface area contributed by atoms with E-state index < -0.39 is 10.9 Å². The number of nitrogens with zero attached hydrogens (tertiary/aromatic N) is 2. The normalized spacial score (nSPS) is 22.3. The Bertz CT molecular complexity index is 1130. The number of hydrogen-bond acceptors (Lipinski definition) is 7. The van der Waals surface area contributed by atoms with E-state index in [0.717, 1.165) is 24.9 Å². The van der Waals surface area contributed by atoms with Gasteiger partial charge in [0.05, 0.1) is 19.1 Å². The number of carbonyl (C=O) groups is 1. The van der Waals surface area contributed by atoms with E-state index in [-0.39, 0.29) is 22.7 Å². The quantitative estimate of drug-likeness (QED) is 0.364. The molecule has 2 unspecified atom stereocenters. The Morgan fingerprint density at radius 2 is 1.91 bits per heavy atom. The molecule has 8 heteroatoms. The maximum atomic E-state index is 12.9. The SMILES string of the molecule is COc1ccc(C23CCC(OC(=O)c4c(C)cccc4[N+](=O)[O-])=CC2N(C)CC3)cc1OC. The summed E-state index contributed by atoms with van der Waals surface area (Å²) in [6.45, 7) is 2.58. The summed E-state index contributed by atoms with van der Waals surface area (Å²) >= 11 is 0. The van der Waals surface area contributed by atoms with Gasteiger partial charge in [0.2, 0.25) is 0 Å². The maximum absolute atomic E-state index is 12.9. The van der Waals surface area contributed by atoms with Crippen molar-refractivity contribution >= 4 is 11.7 Å². The lowest BCUT2D eigenvalue weighted by molar-refractivity contribution is -0.385. The molecule has 2 aliphatic rings. The molecule has 0 aromatic heterocycles. The molecule has 0 spiro atoms. The first-order chi connectivity index (χ1) is 15.8. The molecule has 1 aliphatic heterocycles. The molecule has 0 saturated carbocycles. The zero-order valence-corrected chi connectivity index (χ0v) is 19.3. The van der Waals surface area contributed by atoms with Gasteiger partial charge in [-0.1, -0.05) is 18.2 Å². The van der Waals surface area contributed by atoms with Crippen LogP contribution in [0.2, 0.25) is 0 Å². The van der Waals surface area contributed by atoms with Gasteiger partial charge in [-0.3, -0.25) is 15.0 Å². The summed E-state index contributed by atoms with van der Waals surface area (Å²) in [7, 11) is 5.30. The molecular weight excluding hydrogens is 424 g/mol. The summed E-state index contributed by atoms with van der Waals surface area (Å²) in [5.74, 6) is 1.23. The fraction of sp³-hybridized carbons (Fsp3) is 0.400. The number of benzene rings is 2. The highest BCUT2D eigenvalue weighted by Crippen LogP contribution is 2.49. The van der Waals surface area contributed by atoms with Crippen molar-refractivity contribution in [1.82, 2.24) is 4.90 Å². The van der Waals surface area contributed by atoms with Crippen LogP contribution in [0.3, 0.4) is 0 Å². The number of likely N-dealkylation sites (N-methyl/N-ethyl adjacent to an activating group) is 1. The van der Waals surface area contributed by atoms with Gasteiger partial charge in [-0.2, -0.15) is 0 Å². The van der Waals surface area contributed by atoms with Gasteiger partial charge >= 0.3 is 5.97 Å². The molecular formula is C25H28N2O6. The molecule has 1 fully saturated rings. The van der Waals surface area contributed by atoms with Crippen LogP contribution in [-0.4, -0.2) is 49.6 Å². The summed E-state index contributed by atoms with van der Waals surface area (Å²) in [5, 5.41) is 11.4. The lowest BCUT2D eigenvalue weighted by Crippen LogP contribution is -2.42. The molecule has 2 atom stereocenters. The van der Waals surface area contributed by atoms with Crippen molar-refractivity contribution in [3.8, 4) is 11.5 Å². The van der Waals surface area contributed by atoms with E-state index in [1.165, 1.54) is 6.07 Å². The topological polar surface area (TPSA) is 91.1 Å². The van der Waals surface area contributed by atoms with E-state index in [0.29, 0.717) is 29.2 Å². The number of rotatable bonds is 6. The number of ether oxygens (including phenoxy) is 3. The summed E-state index contributed by atoms with van der Waals surface area (Å²) < 4.78 is 16.6. The molecule has 8 nitrogen and oxygen atoms in total. The minimum Gasteiger partial charge on any atom is -0.493 e. The van der Waals surface area contributed by atoms with E-state index >= 15 is 0 Å². The van der Waals surface area contributed by atoms with Gasteiger partial charge in [0.1, 0.15) is 11.3 Å². The molecule has 4 rings (SSSR count). The second kappa shape index (κ2) is 8.86. The Kier molecular flexibility index (Phi) is 6.12. The lowest BCUT2D eigenvalue weighted by Gasteiger charge is -2.40. The van der Waals surface area contributed by atoms with Gasteiger partial charge in [0, 0.05) is 23.9 Å². The van der Waals surface area contributed by atoms with Crippen LogP contribution in [0.25, 0.3) is 0 Å². The molecule has 1 aliphatic carbocycles. The number of nitro groups is 1.